The standard InChI is InChI=1S/C7H4ClO.2C6H15P.ClH.Ni/c8-7-3-1-6(5-9)2-4-7;2*1-4-7(5-2)6-3;;/h1-4H;2*4-6H2,1-3H3;1H;/q;;;;+1/p-1. The SMILES string of the molecule is CCP(CC)CC.CCP(CC)CC.O=[C]([Ni][Cl])c1ccc(Cl)cc1. The molecule has 0 heterocycles. The monoisotopic (exact) mass is 468 g/mol. The summed E-state index contributed by atoms with van der Waals surface area (Å²) < 4.78 is -0.143. The predicted molar refractivity (Wildman–Crippen MR) is 119 cm³/mol. The van der Waals surface area contributed by atoms with E-state index in [1.165, 1.54) is 37.0 Å². The van der Waals surface area contributed by atoms with Crippen molar-refractivity contribution in [2.75, 3.05) is 37.0 Å². The number of carbonyl (C=O) groups is 1. The van der Waals surface area contributed by atoms with Crippen LogP contribution in [-0.2, 0) is 13.5 Å². The molecule has 0 aliphatic carbocycles. The molecule has 0 aromatic heterocycles. The van der Waals surface area contributed by atoms with E-state index in [2.05, 4.69) is 41.5 Å². The molecule has 0 unspecified atom stereocenters. The fourth-order valence-electron chi connectivity index (χ4n) is 1.95. The van der Waals surface area contributed by atoms with Crippen molar-refractivity contribution in [3.05, 3.63) is 34.9 Å². The molecule has 0 bridgehead atoms. The van der Waals surface area contributed by atoms with Crippen LogP contribution in [0.1, 0.15) is 51.9 Å². The molecular weight excluding hydrogens is 436 g/mol. The molecule has 1 rings (SSSR count). The Bertz CT molecular complexity index is 399. The molecule has 1 aromatic rings. The second kappa shape index (κ2) is 19.6. The maximum absolute atomic E-state index is 10.9. The first-order valence-electron chi connectivity index (χ1n) is 8.88. The molecule has 0 radical (unpaired) electrons. The Kier molecular flexibility index (Phi) is 22.0. The quantitative estimate of drug-likeness (QED) is 0.280. The third-order valence-corrected chi connectivity index (χ3v) is 10.3. The Morgan fingerprint density at radius 2 is 1.12 bits per heavy atom. The third-order valence-electron chi connectivity index (χ3n) is 3.79. The topological polar surface area (TPSA) is 17.1 Å². The number of hydrogen-bond acceptors (Lipinski definition) is 1. The fourth-order valence-corrected chi connectivity index (χ4v) is 5.31. The summed E-state index contributed by atoms with van der Waals surface area (Å²) in [5, 5.41) is 0.614. The fraction of sp³-hybridized carbons (Fsp3) is 0.632. The van der Waals surface area contributed by atoms with Crippen LogP contribution in [0.5, 0.6) is 0 Å². The Balaban J connectivity index is 0. The normalized spacial score (nSPS) is 10.2. The van der Waals surface area contributed by atoms with Gasteiger partial charge in [-0.2, -0.15) is 0 Å². The molecule has 0 aliphatic rings. The van der Waals surface area contributed by atoms with Crippen molar-refractivity contribution < 1.29 is 18.3 Å². The van der Waals surface area contributed by atoms with Crippen LogP contribution in [-0.4, -0.2) is 41.7 Å². The van der Waals surface area contributed by atoms with Crippen LogP contribution in [0.25, 0.3) is 0 Å². The summed E-state index contributed by atoms with van der Waals surface area (Å²) in [4.78, 5) is 10.9. The van der Waals surface area contributed by atoms with Gasteiger partial charge >= 0.3 is 79.7 Å². The van der Waals surface area contributed by atoms with Gasteiger partial charge in [0.15, 0.2) is 0 Å². The van der Waals surface area contributed by atoms with Gasteiger partial charge in [0, 0.05) is 0 Å². The van der Waals surface area contributed by atoms with Crippen LogP contribution in [0.3, 0.4) is 0 Å². The minimum atomic E-state index is -0.143. The number of benzene rings is 1. The van der Waals surface area contributed by atoms with Gasteiger partial charge in [-0.1, -0.05) is 41.5 Å². The summed E-state index contributed by atoms with van der Waals surface area (Å²) in [6, 6.07) is 6.60. The van der Waals surface area contributed by atoms with E-state index in [9.17, 15) is 4.79 Å². The predicted octanol–water partition coefficient (Wildman–Crippen LogP) is 7.77. The van der Waals surface area contributed by atoms with Crippen LogP contribution >= 0.6 is 37.6 Å². The second-order valence-corrected chi connectivity index (χ2v) is 13.1. The maximum atomic E-state index is 10.9. The van der Waals surface area contributed by atoms with Crippen molar-refractivity contribution in [3.63, 3.8) is 0 Å². The van der Waals surface area contributed by atoms with Crippen LogP contribution < -0.4 is 0 Å². The van der Waals surface area contributed by atoms with Gasteiger partial charge in [-0.05, 0) is 37.0 Å². The Labute approximate surface area is 173 Å². The molecular formula is C19H34Cl2NiOP2. The van der Waals surface area contributed by atoms with Crippen LogP contribution in [0, 0.1) is 0 Å². The Morgan fingerprint density at radius 1 is 0.800 bits per heavy atom. The van der Waals surface area contributed by atoms with Gasteiger partial charge in [0.2, 0.25) is 0 Å². The van der Waals surface area contributed by atoms with E-state index in [0.717, 1.165) is 0 Å². The summed E-state index contributed by atoms with van der Waals surface area (Å²) in [5.41, 5.74) is 0.574. The zero-order chi connectivity index (χ0) is 19.7. The minimum absolute atomic E-state index is 0.143. The van der Waals surface area contributed by atoms with Crippen molar-refractivity contribution in [1.29, 1.82) is 0 Å². The first-order chi connectivity index (χ1) is 11.9. The molecule has 1 aromatic carbocycles. The molecule has 25 heavy (non-hydrogen) atoms. The molecule has 0 fully saturated rings. The number of rotatable bonds is 8. The first kappa shape index (κ1) is 28.0. The van der Waals surface area contributed by atoms with Crippen molar-refractivity contribution in [1.82, 2.24) is 0 Å². The second-order valence-electron chi connectivity index (χ2n) is 5.05. The molecule has 0 saturated heterocycles. The molecule has 1 nitrogen and oxygen atoms in total. The van der Waals surface area contributed by atoms with Crippen LogP contribution in [0.15, 0.2) is 24.3 Å². The van der Waals surface area contributed by atoms with Crippen molar-refractivity contribution >= 4 is 42.4 Å². The van der Waals surface area contributed by atoms with E-state index < -0.39 is 0 Å². The molecule has 0 spiro atoms. The summed E-state index contributed by atoms with van der Waals surface area (Å²) in [5.74, 6) is 0. The number of hydrogen-bond donors (Lipinski definition) is 0. The Hall–Kier alpha value is 0.824. The van der Waals surface area contributed by atoms with E-state index in [1.807, 2.05) is 0 Å². The van der Waals surface area contributed by atoms with Crippen LogP contribution in [0.2, 0.25) is 5.02 Å². The van der Waals surface area contributed by atoms with Gasteiger partial charge in [0.25, 0.3) is 0 Å². The van der Waals surface area contributed by atoms with Gasteiger partial charge < -0.3 is 0 Å². The van der Waals surface area contributed by atoms with Crippen molar-refractivity contribution in [2.24, 2.45) is 0 Å². The summed E-state index contributed by atoms with van der Waals surface area (Å²) >= 11 is 6.12. The molecule has 0 N–H and O–H groups in total. The van der Waals surface area contributed by atoms with Gasteiger partial charge in [-0.3, -0.25) is 0 Å². The van der Waals surface area contributed by atoms with E-state index >= 15 is 0 Å². The van der Waals surface area contributed by atoms with Crippen LogP contribution in [0.4, 0.5) is 0 Å². The molecule has 0 atom stereocenters. The average molecular weight is 470 g/mol. The summed E-state index contributed by atoms with van der Waals surface area (Å²) in [6.07, 6.45) is 8.51. The van der Waals surface area contributed by atoms with Gasteiger partial charge in [0.1, 0.15) is 0 Å². The van der Waals surface area contributed by atoms with Gasteiger partial charge in [-0.15, -0.1) is 15.8 Å². The first-order valence-corrected chi connectivity index (χ1v) is 14.9. The van der Waals surface area contributed by atoms with E-state index in [0.29, 0.717) is 40.0 Å². The Morgan fingerprint density at radius 3 is 1.32 bits per heavy atom. The number of carbonyl (C=O) groups excluding carboxylic acids is 1. The molecule has 0 aliphatic heterocycles. The average Bonchev–Trinajstić information content (AvgIpc) is 2.65. The third kappa shape index (κ3) is 15.6. The van der Waals surface area contributed by atoms with Crippen molar-refractivity contribution in [3.8, 4) is 0 Å². The molecule has 6 heteroatoms. The van der Waals surface area contributed by atoms with E-state index in [-0.39, 0.29) is 4.75 Å². The zero-order valence-corrected chi connectivity index (χ0v) is 20.7. The van der Waals surface area contributed by atoms with E-state index in [1.54, 1.807) is 24.3 Å². The molecule has 0 amide bonds. The zero-order valence-electron chi connectivity index (χ0n) is 16.4. The van der Waals surface area contributed by atoms with Gasteiger partial charge in [0.05, 0.1) is 0 Å². The summed E-state index contributed by atoms with van der Waals surface area (Å²) in [7, 11) is 6.17. The van der Waals surface area contributed by atoms with Gasteiger partial charge in [-0.25, -0.2) is 0 Å². The molecule has 0 saturated carbocycles. The molecule has 150 valence electrons. The summed E-state index contributed by atoms with van der Waals surface area (Å²) in [6.45, 7) is 13.7. The van der Waals surface area contributed by atoms with Crippen molar-refractivity contribution in [2.45, 2.75) is 41.5 Å². The van der Waals surface area contributed by atoms with E-state index in [4.69, 9.17) is 21.8 Å². The number of halogens is 2.